The van der Waals surface area contributed by atoms with Crippen LogP contribution >= 0.6 is 23.2 Å². The number of rotatable bonds is 10. The Hall–Kier alpha value is -4.06. The second-order valence-corrected chi connectivity index (χ2v) is 11.4. The molecule has 0 aliphatic carbocycles. The van der Waals surface area contributed by atoms with Gasteiger partial charge in [-0.2, -0.15) is 9.97 Å². The van der Waals surface area contributed by atoms with Crippen molar-refractivity contribution >= 4 is 46.2 Å². The lowest BCUT2D eigenvalue weighted by molar-refractivity contribution is -0.187. The molecule has 0 spiro atoms. The second kappa shape index (κ2) is 12.1. The topological polar surface area (TPSA) is 110 Å². The van der Waals surface area contributed by atoms with Gasteiger partial charge in [0.2, 0.25) is 5.28 Å². The summed E-state index contributed by atoms with van der Waals surface area (Å²) in [5.41, 5.74) is 2.31. The lowest BCUT2D eigenvalue weighted by Crippen LogP contribution is -2.46. The largest absolute Gasteiger partial charge is 0.459 e. The zero-order valence-electron chi connectivity index (χ0n) is 23.3. The Kier molecular flexibility index (Phi) is 7.92. The number of fused-ring (bicyclic) bond motifs is 3. The summed E-state index contributed by atoms with van der Waals surface area (Å²) >= 11 is 12.5. The van der Waals surface area contributed by atoms with Gasteiger partial charge in [-0.1, -0.05) is 72.3 Å². The van der Waals surface area contributed by atoms with Crippen LogP contribution in [-0.2, 0) is 32.1 Å². The molecule has 1 N–H and O–H groups in total. The number of esters is 1. The lowest BCUT2D eigenvalue weighted by Gasteiger charge is -2.31. The number of anilines is 1. The van der Waals surface area contributed by atoms with Gasteiger partial charge in [-0.05, 0) is 47.0 Å². The standard InChI is InChI=1S/C32H27Cl2N5O5/c33-23-13-7-10-21(14-23)15-35-27-24-28(38-31(34)37-27)39(19-36-24)29-25-26(41-16-20-8-3-1-4-9-20)32(44-29,17-42-25)18-43-30(40)22-11-5-2-6-12-22/h1-14,19,25-26,29H,15-18H2,(H,35,37,38)/t25-,26+,29+,32-/m0/s1. The first kappa shape index (κ1) is 28.7. The smallest absolute Gasteiger partial charge is 0.338 e. The van der Waals surface area contributed by atoms with Crippen molar-refractivity contribution in [1.82, 2.24) is 19.5 Å². The van der Waals surface area contributed by atoms with Crippen LogP contribution in [-0.4, -0.2) is 56.5 Å². The number of benzene rings is 3. The number of nitrogens with zero attached hydrogens (tertiary/aromatic N) is 4. The van der Waals surface area contributed by atoms with E-state index in [9.17, 15) is 4.79 Å². The SMILES string of the molecule is O=C(OC[C@]12CO[C@H]([C@H](n3cnc4c(NCc5cccc(Cl)c5)nc(Cl)nc43)O1)[C@H]2OCc1ccccc1)c1ccccc1. The van der Waals surface area contributed by atoms with E-state index in [0.717, 1.165) is 11.1 Å². The van der Waals surface area contributed by atoms with E-state index in [1.807, 2.05) is 60.7 Å². The van der Waals surface area contributed by atoms with Gasteiger partial charge in [-0.3, -0.25) is 4.57 Å². The summed E-state index contributed by atoms with van der Waals surface area (Å²) in [4.78, 5) is 26.3. The fourth-order valence-electron chi connectivity index (χ4n) is 5.60. The molecule has 0 saturated carbocycles. The van der Waals surface area contributed by atoms with Crippen LogP contribution in [0, 0.1) is 0 Å². The summed E-state index contributed by atoms with van der Waals surface area (Å²) in [5, 5.41) is 3.97. The Bertz CT molecular complexity index is 1790. The summed E-state index contributed by atoms with van der Waals surface area (Å²) in [7, 11) is 0. The molecule has 2 saturated heterocycles. The molecular formula is C32H27Cl2N5O5. The van der Waals surface area contributed by atoms with Crippen molar-refractivity contribution in [3.8, 4) is 0 Å². The third kappa shape index (κ3) is 5.62. The Morgan fingerprint density at radius 3 is 2.57 bits per heavy atom. The van der Waals surface area contributed by atoms with E-state index in [4.69, 9.17) is 42.1 Å². The Balaban J connectivity index is 1.17. The number of carbonyl (C=O) groups is 1. The van der Waals surface area contributed by atoms with Gasteiger partial charge in [0.15, 0.2) is 28.8 Å². The predicted octanol–water partition coefficient (Wildman–Crippen LogP) is 5.85. The third-order valence-electron chi connectivity index (χ3n) is 7.72. The lowest BCUT2D eigenvalue weighted by atomic mass is 10.00. The normalized spacial score (nSPS) is 22.4. The van der Waals surface area contributed by atoms with Gasteiger partial charge >= 0.3 is 5.97 Å². The number of ether oxygens (including phenoxy) is 4. The van der Waals surface area contributed by atoms with Crippen LogP contribution in [0.15, 0.2) is 91.3 Å². The summed E-state index contributed by atoms with van der Waals surface area (Å²) in [6, 6.07) is 26.2. The van der Waals surface area contributed by atoms with Crippen molar-refractivity contribution < 1.29 is 23.7 Å². The maximum absolute atomic E-state index is 12.9. The van der Waals surface area contributed by atoms with Crippen molar-refractivity contribution in [3.05, 3.63) is 118 Å². The zero-order valence-corrected chi connectivity index (χ0v) is 24.8. The van der Waals surface area contributed by atoms with Gasteiger partial charge in [-0.25, -0.2) is 9.78 Å². The van der Waals surface area contributed by atoms with Gasteiger partial charge < -0.3 is 24.3 Å². The Morgan fingerprint density at radius 1 is 1.00 bits per heavy atom. The molecule has 2 aliphatic heterocycles. The third-order valence-corrected chi connectivity index (χ3v) is 8.12. The van der Waals surface area contributed by atoms with Crippen LogP contribution in [0.3, 0.4) is 0 Å². The molecule has 0 radical (unpaired) electrons. The minimum atomic E-state index is -1.06. The molecule has 0 unspecified atom stereocenters. The fraction of sp³-hybridized carbons (Fsp3) is 0.250. The van der Waals surface area contributed by atoms with Crippen molar-refractivity contribution in [2.45, 2.75) is 37.2 Å². The first-order chi connectivity index (χ1) is 21.5. The zero-order chi connectivity index (χ0) is 30.1. The monoisotopic (exact) mass is 631 g/mol. The van der Waals surface area contributed by atoms with Crippen LogP contribution in [0.25, 0.3) is 11.2 Å². The summed E-state index contributed by atoms with van der Waals surface area (Å²) in [6.07, 6.45) is -0.154. The number of halogens is 2. The van der Waals surface area contributed by atoms with E-state index in [1.54, 1.807) is 35.2 Å². The highest BCUT2D eigenvalue weighted by Gasteiger charge is 2.64. The number of aromatic nitrogens is 4. The van der Waals surface area contributed by atoms with E-state index >= 15 is 0 Å². The first-order valence-corrected chi connectivity index (χ1v) is 14.8. The van der Waals surface area contributed by atoms with Crippen LogP contribution in [0.4, 0.5) is 5.82 Å². The molecule has 224 valence electrons. The fourth-order valence-corrected chi connectivity index (χ4v) is 5.98. The molecular weight excluding hydrogens is 605 g/mol. The molecule has 10 nitrogen and oxygen atoms in total. The molecule has 5 aromatic rings. The average molecular weight is 633 g/mol. The van der Waals surface area contributed by atoms with Crippen molar-refractivity contribution in [2.75, 3.05) is 18.5 Å². The molecule has 4 heterocycles. The number of hydrogen-bond acceptors (Lipinski definition) is 9. The van der Waals surface area contributed by atoms with E-state index in [-0.39, 0.29) is 18.5 Å². The second-order valence-electron chi connectivity index (χ2n) is 10.7. The number of carbonyl (C=O) groups excluding carboxylic acids is 1. The molecule has 7 rings (SSSR count). The van der Waals surface area contributed by atoms with E-state index in [0.29, 0.717) is 40.7 Å². The quantitative estimate of drug-likeness (QED) is 0.150. The highest BCUT2D eigenvalue weighted by atomic mass is 35.5. The minimum Gasteiger partial charge on any atom is -0.459 e. The number of hydrogen-bond donors (Lipinski definition) is 1. The highest BCUT2D eigenvalue weighted by molar-refractivity contribution is 6.30. The number of imidazole rings is 1. The van der Waals surface area contributed by atoms with Crippen LogP contribution in [0.2, 0.25) is 10.3 Å². The maximum atomic E-state index is 12.9. The van der Waals surface area contributed by atoms with Crippen molar-refractivity contribution in [3.63, 3.8) is 0 Å². The van der Waals surface area contributed by atoms with E-state index < -0.39 is 30.0 Å². The van der Waals surface area contributed by atoms with E-state index in [1.165, 1.54) is 0 Å². The molecule has 4 atom stereocenters. The summed E-state index contributed by atoms with van der Waals surface area (Å²) < 4.78 is 26.9. The predicted molar refractivity (Wildman–Crippen MR) is 163 cm³/mol. The molecule has 3 aromatic carbocycles. The van der Waals surface area contributed by atoms with Gasteiger partial charge in [0, 0.05) is 11.6 Å². The number of nitrogens with one attached hydrogen (secondary N) is 1. The van der Waals surface area contributed by atoms with Gasteiger partial charge in [0.1, 0.15) is 18.8 Å². The molecule has 2 aliphatic rings. The first-order valence-electron chi connectivity index (χ1n) is 14.0. The van der Waals surface area contributed by atoms with Crippen LogP contribution in [0.1, 0.15) is 27.7 Å². The Morgan fingerprint density at radius 2 is 1.77 bits per heavy atom. The molecule has 2 fully saturated rings. The molecule has 44 heavy (non-hydrogen) atoms. The highest BCUT2D eigenvalue weighted by Crippen LogP contribution is 2.48. The average Bonchev–Trinajstić information content (AvgIpc) is 3.72. The van der Waals surface area contributed by atoms with Crippen molar-refractivity contribution in [1.29, 1.82) is 0 Å². The summed E-state index contributed by atoms with van der Waals surface area (Å²) in [5.74, 6) is 0.00601. The summed E-state index contributed by atoms with van der Waals surface area (Å²) in [6.45, 7) is 0.894. The van der Waals surface area contributed by atoms with Crippen molar-refractivity contribution in [2.24, 2.45) is 0 Å². The maximum Gasteiger partial charge on any atom is 0.338 e. The van der Waals surface area contributed by atoms with Crippen LogP contribution in [0.5, 0.6) is 0 Å². The van der Waals surface area contributed by atoms with Crippen LogP contribution < -0.4 is 5.32 Å². The van der Waals surface area contributed by atoms with E-state index in [2.05, 4.69) is 20.3 Å². The molecule has 0 amide bonds. The molecule has 2 bridgehead atoms. The van der Waals surface area contributed by atoms with Gasteiger partial charge in [0.05, 0.1) is 25.1 Å². The van der Waals surface area contributed by atoms with Gasteiger partial charge in [-0.15, -0.1) is 0 Å². The minimum absolute atomic E-state index is 0.0419. The molecule has 2 aromatic heterocycles. The van der Waals surface area contributed by atoms with Gasteiger partial charge in [0.25, 0.3) is 0 Å². The molecule has 12 heteroatoms. The Labute approximate surface area is 262 Å².